The number of hydrogen-bond acceptors (Lipinski definition) is 4. The van der Waals surface area contributed by atoms with Crippen LogP contribution >= 0.6 is 0 Å². The SMILES string of the molecule is c1nocc1CN1CC2=C(CNC2)C1. The molecule has 2 aliphatic rings. The second-order valence-electron chi connectivity index (χ2n) is 3.99. The van der Waals surface area contributed by atoms with Crippen molar-refractivity contribution in [1.82, 2.24) is 15.4 Å². The molecule has 0 fully saturated rings. The number of nitrogens with one attached hydrogen (secondary N) is 1. The van der Waals surface area contributed by atoms with Gasteiger partial charge in [-0.2, -0.15) is 0 Å². The fraction of sp³-hybridized carbons (Fsp3) is 0.500. The van der Waals surface area contributed by atoms with Gasteiger partial charge in [-0.15, -0.1) is 0 Å². The lowest BCUT2D eigenvalue weighted by atomic mass is 10.2. The Kier molecular flexibility index (Phi) is 1.89. The molecular weight excluding hydrogens is 178 g/mol. The molecule has 4 nitrogen and oxygen atoms in total. The van der Waals surface area contributed by atoms with Gasteiger partial charge in [-0.3, -0.25) is 4.90 Å². The normalized spacial score (nSPS) is 22.0. The molecule has 0 atom stereocenters. The maximum Gasteiger partial charge on any atom is 0.128 e. The Labute approximate surface area is 82.6 Å². The molecule has 74 valence electrons. The van der Waals surface area contributed by atoms with Crippen LogP contribution in [0.25, 0.3) is 0 Å². The second-order valence-corrected chi connectivity index (χ2v) is 3.99. The van der Waals surface area contributed by atoms with Crippen molar-refractivity contribution in [2.75, 3.05) is 26.2 Å². The minimum absolute atomic E-state index is 0.955. The molecule has 2 aliphatic heterocycles. The molecule has 0 amide bonds. The van der Waals surface area contributed by atoms with Gasteiger partial charge in [-0.1, -0.05) is 5.16 Å². The Morgan fingerprint density at radius 3 is 2.79 bits per heavy atom. The zero-order chi connectivity index (χ0) is 9.38. The van der Waals surface area contributed by atoms with Gasteiger partial charge in [0.05, 0.1) is 6.20 Å². The molecule has 0 aromatic carbocycles. The summed E-state index contributed by atoms with van der Waals surface area (Å²) in [4.78, 5) is 2.43. The summed E-state index contributed by atoms with van der Waals surface area (Å²) in [7, 11) is 0. The highest BCUT2D eigenvalue weighted by Gasteiger charge is 2.24. The van der Waals surface area contributed by atoms with Crippen LogP contribution in [0.1, 0.15) is 5.56 Å². The Morgan fingerprint density at radius 2 is 2.14 bits per heavy atom. The highest BCUT2D eigenvalue weighted by molar-refractivity contribution is 5.30. The zero-order valence-electron chi connectivity index (χ0n) is 7.99. The summed E-state index contributed by atoms with van der Waals surface area (Å²) in [6.45, 7) is 5.32. The van der Waals surface area contributed by atoms with Crippen LogP contribution in [0.15, 0.2) is 28.1 Å². The van der Waals surface area contributed by atoms with E-state index in [1.54, 1.807) is 23.6 Å². The first kappa shape index (κ1) is 8.20. The van der Waals surface area contributed by atoms with Gasteiger partial charge in [0.25, 0.3) is 0 Å². The fourth-order valence-electron chi connectivity index (χ4n) is 2.22. The monoisotopic (exact) mass is 191 g/mol. The summed E-state index contributed by atoms with van der Waals surface area (Å²) in [5.74, 6) is 0. The molecule has 4 heteroatoms. The largest absolute Gasteiger partial charge is 0.364 e. The van der Waals surface area contributed by atoms with Crippen molar-refractivity contribution < 1.29 is 4.52 Å². The molecular formula is C10H13N3O. The molecule has 0 unspecified atom stereocenters. The van der Waals surface area contributed by atoms with E-state index in [4.69, 9.17) is 4.52 Å². The lowest BCUT2D eigenvalue weighted by Gasteiger charge is -2.15. The molecule has 0 aliphatic carbocycles. The number of nitrogens with zero attached hydrogens (tertiary/aromatic N) is 2. The molecule has 3 rings (SSSR count). The fourth-order valence-corrected chi connectivity index (χ4v) is 2.22. The van der Waals surface area contributed by atoms with E-state index >= 15 is 0 Å². The van der Waals surface area contributed by atoms with E-state index in [9.17, 15) is 0 Å². The van der Waals surface area contributed by atoms with E-state index in [1.165, 1.54) is 5.56 Å². The molecule has 3 heterocycles. The Hall–Kier alpha value is -1.13. The van der Waals surface area contributed by atoms with Crippen molar-refractivity contribution in [1.29, 1.82) is 0 Å². The zero-order valence-corrected chi connectivity index (χ0v) is 7.99. The number of aromatic nitrogens is 1. The Balaban J connectivity index is 1.63. The van der Waals surface area contributed by atoms with Gasteiger partial charge in [0.1, 0.15) is 6.26 Å². The van der Waals surface area contributed by atoms with Crippen molar-refractivity contribution in [2.45, 2.75) is 6.54 Å². The van der Waals surface area contributed by atoms with Gasteiger partial charge in [0, 0.05) is 38.3 Å². The highest BCUT2D eigenvalue weighted by atomic mass is 16.5. The third-order valence-corrected chi connectivity index (χ3v) is 2.90. The topological polar surface area (TPSA) is 41.3 Å². The third kappa shape index (κ3) is 1.36. The van der Waals surface area contributed by atoms with E-state index in [-0.39, 0.29) is 0 Å². The molecule has 1 aromatic heterocycles. The first-order valence-corrected chi connectivity index (χ1v) is 4.93. The predicted molar refractivity (Wildman–Crippen MR) is 51.7 cm³/mol. The maximum atomic E-state index is 4.82. The molecule has 0 saturated carbocycles. The predicted octanol–water partition coefficient (Wildman–Crippen LogP) is 0.390. The summed E-state index contributed by atoms with van der Waals surface area (Å²) in [5.41, 5.74) is 4.34. The molecule has 0 saturated heterocycles. The van der Waals surface area contributed by atoms with Crippen LogP contribution in [0, 0.1) is 0 Å². The average Bonchev–Trinajstić information content (AvgIpc) is 2.78. The summed E-state index contributed by atoms with van der Waals surface area (Å²) in [5, 5.41) is 7.08. The molecule has 14 heavy (non-hydrogen) atoms. The highest BCUT2D eigenvalue weighted by Crippen LogP contribution is 2.21. The van der Waals surface area contributed by atoms with Crippen LogP contribution in [0.5, 0.6) is 0 Å². The van der Waals surface area contributed by atoms with Crippen LogP contribution < -0.4 is 5.32 Å². The van der Waals surface area contributed by atoms with Crippen molar-refractivity contribution in [3.05, 3.63) is 29.2 Å². The minimum atomic E-state index is 0.955. The van der Waals surface area contributed by atoms with E-state index in [1.807, 2.05) is 0 Å². The first-order chi connectivity index (χ1) is 6.92. The van der Waals surface area contributed by atoms with E-state index in [0.29, 0.717) is 0 Å². The van der Waals surface area contributed by atoms with E-state index < -0.39 is 0 Å². The average molecular weight is 191 g/mol. The van der Waals surface area contributed by atoms with Gasteiger partial charge < -0.3 is 9.84 Å². The second kappa shape index (κ2) is 3.22. The van der Waals surface area contributed by atoms with Crippen LogP contribution in [0.2, 0.25) is 0 Å². The summed E-state index contributed by atoms with van der Waals surface area (Å²) in [6, 6.07) is 0. The number of rotatable bonds is 2. The summed E-state index contributed by atoms with van der Waals surface area (Å²) in [6.07, 6.45) is 3.52. The van der Waals surface area contributed by atoms with Gasteiger partial charge in [-0.05, 0) is 11.1 Å². The van der Waals surface area contributed by atoms with Crippen LogP contribution in [-0.4, -0.2) is 36.2 Å². The molecule has 1 N–H and O–H groups in total. The quantitative estimate of drug-likeness (QED) is 0.687. The Morgan fingerprint density at radius 1 is 1.36 bits per heavy atom. The molecule has 0 radical (unpaired) electrons. The van der Waals surface area contributed by atoms with Crippen LogP contribution in [0.3, 0.4) is 0 Å². The minimum Gasteiger partial charge on any atom is -0.364 e. The number of hydrogen-bond donors (Lipinski definition) is 1. The summed E-state index contributed by atoms with van der Waals surface area (Å²) >= 11 is 0. The van der Waals surface area contributed by atoms with Crippen molar-refractivity contribution in [3.8, 4) is 0 Å². The maximum absolute atomic E-state index is 4.82. The van der Waals surface area contributed by atoms with Gasteiger partial charge in [-0.25, -0.2) is 0 Å². The third-order valence-electron chi connectivity index (χ3n) is 2.90. The molecule has 0 spiro atoms. The van der Waals surface area contributed by atoms with Gasteiger partial charge in [0.15, 0.2) is 0 Å². The Bertz CT molecular complexity index is 339. The lowest BCUT2D eigenvalue weighted by molar-refractivity contribution is 0.329. The van der Waals surface area contributed by atoms with Gasteiger partial charge >= 0.3 is 0 Å². The molecule has 0 bridgehead atoms. The summed E-state index contributed by atoms with van der Waals surface area (Å²) < 4.78 is 4.82. The van der Waals surface area contributed by atoms with Crippen molar-refractivity contribution in [3.63, 3.8) is 0 Å². The van der Waals surface area contributed by atoms with Crippen molar-refractivity contribution >= 4 is 0 Å². The van der Waals surface area contributed by atoms with Crippen LogP contribution in [0.4, 0.5) is 0 Å². The smallest absolute Gasteiger partial charge is 0.128 e. The van der Waals surface area contributed by atoms with E-state index in [0.717, 1.165) is 32.7 Å². The standard InChI is InChI=1S/C10H13N3O/c1-8(7-14-12-1)4-13-5-9-2-11-3-10(9)6-13/h1,7,11H,2-6H2. The molecule has 1 aromatic rings. The first-order valence-electron chi connectivity index (χ1n) is 4.93. The van der Waals surface area contributed by atoms with Gasteiger partial charge in [0.2, 0.25) is 0 Å². The van der Waals surface area contributed by atoms with Crippen molar-refractivity contribution in [2.24, 2.45) is 0 Å². The van der Waals surface area contributed by atoms with E-state index in [2.05, 4.69) is 15.4 Å². The van der Waals surface area contributed by atoms with Crippen LogP contribution in [-0.2, 0) is 6.54 Å². The lowest BCUT2D eigenvalue weighted by Crippen LogP contribution is -2.26.